The summed E-state index contributed by atoms with van der Waals surface area (Å²) in [6.45, 7) is 0. The van der Waals surface area contributed by atoms with Gasteiger partial charge in [0.2, 0.25) is 0 Å². The van der Waals surface area contributed by atoms with Crippen molar-refractivity contribution >= 4 is 65.6 Å². The molecule has 0 saturated carbocycles. The van der Waals surface area contributed by atoms with Crippen molar-refractivity contribution in [3.63, 3.8) is 0 Å². The summed E-state index contributed by atoms with van der Waals surface area (Å²) in [4.78, 5) is 26.0. The standard InChI is InChI=1S/C13H6Br2N2O3S/c14-11-4-8(13(15)21-11)12(18)9-5-16-10-2-1-6(17(19)20)3-7(9)10/h1-5,16H. The predicted octanol–water partition coefficient (Wildman–Crippen LogP) is 4.89. The molecule has 1 N–H and O–H groups in total. The minimum absolute atomic E-state index is 0.0401. The van der Waals surface area contributed by atoms with Gasteiger partial charge in [-0.25, -0.2) is 0 Å². The van der Waals surface area contributed by atoms with Gasteiger partial charge in [0.15, 0.2) is 5.78 Å². The number of thiophene rings is 1. The maximum Gasteiger partial charge on any atom is 0.270 e. The smallest absolute Gasteiger partial charge is 0.270 e. The van der Waals surface area contributed by atoms with Gasteiger partial charge in [-0.3, -0.25) is 14.9 Å². The fraction of sp³-hybridized carbons (Fsp3) is 0. The number of hydrogen-bond acceptors (Lipinski definition) is 4. The molecule has 3 rings (SSSR count). The molecule has 0 radical (unpaired) electrons. The summed E-state index contributed by atoms with van der Waals surface area (Å²) in [6, 6.07) is 6.15. The molecule has 0 aliphatic carbocycles. The number of halogens is 2. The topological polar surface area (TPSA) is 76.0 Å². The minimum Gasteiger partial charge on any atom is -0.360 e. The number of ketones is 1. The van der Waals surface area contributed by atoms with E-state index >= 15 is 0 Å². The van der Waals surface area contributed by atoms with Crippen LogP contribution in [0, 0.1) is 10.1 Å². The Morgan fingerprint density at radius 2 is 2.00 bits per heavy atom. The van der Waals surface area contributed by atoms with E-state index in [1.807, 2.05) is 0 Å². The average Bonchev–Trinajstić information content (AvgIpc) is 3.00. The van der Waals surface area contributed by atoms with E-state index in [4.69, 9.17) is 0 Å². The Balaban J connectivity index is 2.16. The highest BCUT2D eigenvalue weighted by atomic mass is 79.9. The first-order valence-electron chi connectivity index (χ1n) is 5.72. The van der Waals surface area contributed by atoms with Gasteiger partial charge in [0.1, 0.15) is 0 Å². The van der Waals surface area contributed by atoms with Crippen LogP contribution in [0.15, 0.2) is 38.0 Å². The Morgan fingerprint density at radius 3 is 2.62 bits per heavy atom. The highest BCUT2D eigenvalue weighted by Crippen LogP contribution is 2.34. The van der Waals surface area contributed by atoms with Gasteiger partial charge >= 0.3 is 0 Å². The molecule has 2 aromatic heterocycles. The van der Waals surface area contributed by atoms with E-state index < -0.39 is 4.92 Å². The summed E-state index contributed by atoms with van der Waals surface area (Å²) in [5.74, 6) is -0.185. The quantitative estimate of drug-likeness (QED) is 0.365. The van der Waals surface area contributed by atoms with Crippen molar-refractivity contribution in [3.8, 4) is 0 Å². The van der Waals surface area contributed by atoms with E-state index in [1.165, 1.54) is 23.5 Å². The van der Waals surface area contributed by atoms with E-state index in [-0.39, 0.29) is 11.5 Å². The van der Waals surface area contributed by atoms with E-state index in [1.54, 1.807) is 18.3 Å². The molecule has 0 amide bonds. The Bertz CT molecular complexity index is 885. The lowest BCUT2D eigenvalue weighted by molar-refractivity contribution is -0.384. The number of nitrogens with one attached hydrogen (secondary N) is 1. The van der Waals surface area contributed by atoms with Crippen LogP contribution in [0.2, 0.25) is 0 Å². The monoisotopic (exact) mass is 428 g/mol. The molecule has 8 heteroatoms. The first-order chi connectivity index (χ1) is 9.97. The zero-order valence-corrected chi connectivity index (χ0v) is 14.2. The maximum atomic E-state index is 12.6. The zero-order chi connectivity index (χ0) is 15.1. The summed E-state index contributed by atoms with van der Waals surface area (Å²) in [5, 5.41) is 11.4. The summed E-state index contributed by atoms with van der Waals surface area (Å²) in [6.07, 6.45) is 1.58. The molecule has 0 unspecified atom stereocenters. The molecular formula is C13H6Br2N2O3S. The minimum atomic E-state index is -0.474. The largest absolute Gasteiger partial charge is 0.360 e. The van der Waals surface area contributed by atoms with Crippen LogP contribution in [-0.2, 0) is 0 Å². The second kappa shape index (κ2) is 5.36. The van der Waals surface area contributed by atoms with E-state index in [9.17, 15) is 14.9 Å². The third-order valence-electron chi connectivity index (χ3n) is 3.02. The molecule has 1 aromatic carbocycles. The number of non-ortho nitro benzene ring substituents is 1. The fourth-order valence-electron chi connectivity index (χ4n) is 2.05. The molecule has 106 valence electrons. The van der Waals surface area contributed by atoms with E-state index in [0.29, 0.717) is 22.0 Å². The van der Waals surface area contributed by atoms with Gasteiger partial charge < -0.3 is 4.98 Å². The predicted molar refractivity (Wildman–Crippen MR) is 88.1 cm³/mol. The van der Waals surface area contributed by atoms with E-state index in [2.05, 4.69) is 36.8 Å². The molecule has 0 aliphatic heterocycles. The lowest BCUT2D eigenvalue weighted by Crippen LogP contribution is -1.99. The van der Waals surface area contributed by atoms with Crippen LogP contribution in [0.3, 0.4) is 0 Å². The second-order valence-corrected chi connectivity index (χ2v) is 8.01. The Labute approximate surface area is 139 Å². The number of fused-ring (bicyclic) bond motifs is 1. The molecule has 5 nitrogen and oxygen atoms in total. The zero-order valence-electron chi connectivity index (χ0n) is 10.2. The molecule has 0 atom stereocenters. The van der Waals surface area contributed by atoms with Crippen molar-refractivity contribution < 1.29 is 9.72 Å². The molecule has 0 fully saturated rings. The fourth-order valence-corrected chi connectivity index (χ4v) is 4.84. The second-order valence-electron chi connectivity index (χ2n) is 4.26. The van der Waals surface area contributed by atoms with Crippen LogP contribution in [0.1, 0.15) is 15.9 Å². The average molecular weight is 430 g/mol. The van der Waals surface area contributed by atoms with Crippen LogP contribution in [0.25, 0.3) is 10.9 Å². The van der Waals surface area contributed by atoms with Crippen molar-refractivity contribution in [2.45, 2.75) is 0 Å². The highest BCUT2D eigenvalue weighted by Gasteiger charge is 2.20. The number of benzene rings is 1. The van der Waals surface area contributed by atoms with E-state index in [0.717, 1.165) is 7.57 Å². The maximum absolute atomic E-state index is 12.6. The number of aromatic nitrogens is 1. The Morgan fingerprint density at radius 1 is 1.24 bits per heavy atom. The van der Waals surface area contributed by atoms with Crippen molar-refractivity contribution in [1.82, 2.24) is 4.98 Å². The molecule has 2 heterocycles. The van der Waals surface area contributed by atoms with Crippen LogP contribution in [0.4, 0.5) is 5.69 Å². The van der Waals surface area contributed by atoms with Gasteiger partial charge in [-0.2, -0.15) is 0 Å². The highest BCUT2D eigenvalue weighted by molar-refractivity contribution is 9.12. The van der Waals surface area contributed by atoms with Gasteiger partial charge in [0, 0.05) is 40.4 Å². The first kappa shape index (κ1) is 14.4. The van der Waals surface area contributed by atoms with Crippen LogP contribution in [0.5, 0.6) is 0 Å². The van der Waals surface area contributed by atoms with Crippen LogP contribution in [-0.4, -0.2) is 15.7 Å². The molecule has 21 heavy (non-hydrogen) atoms. The van der Waals surface area contributed by atoms with Gasteiger partial charge in [-0.1, -0.05) is 0 Å². The number of aromatic amines is 1. The molecule has 0 bridgehead atoms. The number of nitro groups is 1. The lowest BCUT2D eigenvalue weighted by Gasteiger charge is -1.98. The van der Waals surface area contributed by atoms with Gasteiger partial charge in [0.05, 0.1) is 12.5 Å². The third-order valence-corrected chi connectivity index (χ3v) is 5.36. The summed E-state index contributed by atoms with van der Waals surface area (Å²) in [5.41, 5.74) is 1.59. The third kappa shape index (κ3) is 2.54. The van der Waals surface area contributed by atoms with Gasteiger partial charge in [0.25, 0.3) is 5.69 Å². The number of H-pyrrole nitrogens is 1. The number of hydrogen-bond donors (Lipinski definition) is 1. The van der Waals surface area contributed by atoms with Crippen molar-refractivity contribution in [1.29, 1.82) is 0 Å². The summed E-state index contributed by atoms with van der Waals surface area (Å²) < 4.78 is 1.56. The normalized spacial score (nSPS) is 11.0. The number of nitrogens with zero attached hydrogens (tertiary/aromatic N) is 1. The Kier molecular flexibility index (Phi) is 3.68. The van der Waals surface area contributed by atoms with Crippen LogP contribution >= 0.6 is 43.2 Å². The summed E-state index contributed by atoms with van der Waals surface area (Å²) in [7, 11) is 0. The van der Waals surface area contributed by atoms with Gasteiger partial charge in [-0.15, -0.1) is 11.3 Å². The number of carbonyl (C=O) groups excluding carboxylic acids is 1. The molecular weight excluding hydrogens is 424 g/mol. The lowest BCUT2D eigenvalue weighted by atomic mass is 10.0. The van der Waals surface area contributed by atoms with Crippen molar-refractivity contribution in [3.05, 3.63) is 59.3 Å². The number of rotatable bonds is 3. The Hall–Kier alpha value is -1.51. The van der Waals surface area contributed by atoms with Crippen molar-refractivity contribution in [2.75, 3.05) is 0 Å². The number of nitro benzene ring substituents is 1. The SMILES string of the molecule is O=C(c1cc(Br)sc1Br)c1c[nH]c2ccc([N+](=O)[O-])cc12. The van der Waals surface area contributed by atoms with Gasteiger partial charge in [-0.05, 0) is 44.0 Å². The van der Waals surface area contributed by atoms with Crippen LogP contribution < -0.4 is 0 Å². The first-order valence-corrected chi connectivity index (χ1v) is 8.12. The molecule has 0 spiro atoms. The van der Waals surface area contributed by atoms with Crippen molar-refractivity contribution in [2.24, 2.45) is 0 Å². The summed E-state index contributed by atoms with van der Waals surface area (Å²) >= 11 is 8.09. The molecule has 0 aliphatic rings. The number of carbonyl (C=O) groups is 1. The molecule has 0 saturated heterocycles. The molecule has 3 aromatic rings.